The number of hydrogen-bond acceptors (Lipinski definition) is 2. The molecule has 108 valence electrons. The third-order valence-corrected chi connectivity index (χ3v) is 3.94. The molecule has 0 saturated carbocycles. The van der Waals surface area contributed by atoms with E-state index in [0.29, 0.717) is 0 Å². The molecule has 1 heterocycles. The van der Waals surface area contributed by atoms with Crippen molar-refractivity contribution in [1.82, 2.24) is 4.57 Å². The maximum Gasteiger partial charge on any atom is 0.269 e. The summed E-state index contributed by atoms with van der Waals surface area (Å²) in [6.45, 7) is 8.14. The zero-order valence-electron chi connectivity index (χ0n) is 13.0. The van der Waals surface area contributed by atoms with Crippen molar-refractivity contribution < 1.29 is 0 Å². The van der Waals surface area contributed by atoms with Gasteiger partial charge in [-0.1, -0.05) is 24.6 Å². The molecule has 1 aromatic carbocycles. The molecule has 0 spiro atoms. The summed E-state index contributed by atoms with van der Waals surface area (Å²) in [5, 5.41) is 9.09. The van der Waals surface area contributed by atoms with Crippen LogP contribution in [-0.4, -0.2) is 4.57 Å². The average Bonchev–Trinajstić information content (AvgIpc) is 2.48. The van der Waals surface area contributed by atoms with Gasteiger partial charge >= 0.3 is 0 Å². The predicted octanol–water partition coefficient (Wildman–Crippen LogP) is 3.97. The fraction of sp³-hybridized carbons (Fsp3) is 0.333. The first kappa shape index (κ1) is 15.1. The van der Waals surface area contributed by atoms with Crippen LogP contribution >= 0.6 is 0 Å². The maximum absolute atomic E-state index is 12.5. The summed E-state index contributed by atoms with van der Waals surface area (Å²) in [6, 6.07) is 11.8. The van der Waals surface area contributed by atoms with Crippen molar-refractivity contribution in [2.24, 2.45) is 0 Å². The molecule has 21 heavy (non-hydrogen) atoms. The topological polar surface area (TPSA) is 45.8 Å². The minimum absolute atomic E-state index is 0.0562. The predicted molar refractivity (Wildman–Crippen MR) is 85.3 cm³/mol. The summed E-state index contributed by atoms with van der Waals surface area (Å²) < 4.78 is 1.75. The second-order valence-corrected chi connectivity index (χ2v) is 5.49. The second-order valence-electron chi connectivity index (χ2n) is 5.49. The fourth-order valence-corrected chi connectivity index (χ4v) is 2.49. The molecule has 0 aliphatic carbocycles. The lowest BCUT2D eigenvalue weighted by atomic mass is 10.0. The van der Waals surface area contributed by atoms with Crippen LogP contribution in [0.5, 0.6) is 0 Å². The molecule has 0 aliphatic heterocycles. The zero-order valence-corrected chi connectivity index (χ0v) is 13.0. The van der Waals surface area contributed by atoms with Crippen LogP contribution in [0.1, 0.15) is 43.0 Å². The zero-order chi connectivity index (χ0) is 15.6. The molecule has 1 unspecified atom stereocenters. The molecule has 2 rings (SSSR count). The molecule has 0 aliphatic rings. The van der Waals surface area contributed by atoms with E-state index in [9.17, 15) is 4.79 Å². The normalized spacial score (nSPS) is 12.0. The Morgan fingerprint density at radius 2 is 1.95 bits per heavy atom. The number of aromatic nitrogens is 1. The average molecular weight is 280 g/mol. The van der Waals surface area contributed by atoms with Crippen molar-refractivity contribution in [3.8, 4) is 17.3 Å². The maximum atomic E-state index is 12.5. The molecule has 0 fully saturated rings. The van der Waals surface area contributed by atoms with E-state index in [1.807, 2.05) is 39.8 Å². The van der Waals surface area contributed by atoms with Gasteiger partial charge in [0.15, 0.2) is 0 Å². The van der Waals surface area contributed by atoms with Crippen LogP contribution in [0.15, 0.2) is 35.1 Å². The Morgan fingerprint density at radius 1 is 1.24 bits per heavy atom. The van der Waals surface area contributed by atoms with Gasteiger partial charge in [0.05, 0.1) is 5.69 Å². The smallest absolute Gasteiger partial charge is 0.269 e. The molecular formula is C18H20N2O. The number of nitriles is 1. The highest BCUT2D eigenvalue weighted by Crippen LogP contribution is 2.26. The first-order valence-corrected chi connectivity index (χ1v) is 7.22. The number of hydrogen-bond donors (Lipinski definition) is 0. The van der Waals surface area contributed by atoms with Gasteiger partial charge in [-0.05, 0) is 51.0 Å². The monoisotopic (exact) mass is 280 g/mol. The molecular weight excluding hydrogens is 260 g/mol. The number of rotatable bonds is 3. The van der Waals surface area contributed by atoms with Crippen molar-refractivity contribution in [3.63, 3.8) is 0 Å². The number of benzene rings is 1. The van der Waals surface area contributed by atoms with Crippen LogP contribution in [0.2, 0.25) is 0 Å². The highest BCUT2D eigenvalue weighted by molar-refractivity contribution is 5.65. The van der Waals surface area contributed by atoms with Crippen molar-refractivity contribution in [2.45, 2.75) is 40.2 Å². The Hall–Kier alpha value is -2.34. The summed E-state index contributed by atoms with van der Waals surface area (Å²) in [7, 11) is 0. The van der Waals surface area contributed by atoms with Gasteiger partial charge in [-0.25, -0.2) is 0 Å². The van der Waals surface area contributed by atoms with Gasteiger partial charge in [-0.3, -0.25) is 4.79 Å². The summed E-state index contributed by atoms with van der Waals surface area (Å²) >= 11 is 0. The first-order chi connectivity index (χ1) is 9.99. The molecule has 0 bridgehead atoms. The van der Waals surface area contributed by atoms with Gasteiger partial charge in [0.2, 0.25) is 0 Å². The van der Waals surface area contributed by atoms with Crippen molar-refractivity contribution >= 4 is 0 Å². The standard InChI is InChI=1S/C18H20N2O/c1-5-14(4)20-17(9-8-15(11-19)18(20)21)16-10-12(2)6-7-13(16)3/h6-10,14H,5H2,1-4H3. The highest BCUT2D eigenvalue weighted by Gasteiger charge is 2.15. The summed E-state index contributed by atoms with van der Waals surface area (Å²) in [5.74, 6) is 0. The molecule has 3 heteroatoms. The lowest BCUT2D eigenvalue weighted by molar-refractivity contribution is 0.519. The van der Waals surface area contributed by atoms with Gasteiger partial charge in [0.1, 0.15) is 11.6 Å². The van der Waals surface area contributed by atoms with Crippen LogP contribution in [0.25, 0.3) is 11.3 Å². The van der Waals surface area contributed by atoms with Crippen molar-refractivity contribution in [1.29, 1.82) is 5.26 Å². The number of pyridine rings is 1. The van der Waals surface area contributed by atoms with E-state index >= 15 is 0 Å². The minimum Gasteiger partial charge on any atom is -0.304 e. The molecule has 3 nitrogen and oxygen atoms in total. The van der Waals surface area contributed by atoms with E-state index in [4.69, 9.17) is 5.26 Å². The Bertz CT molecular complexity index is 766. The number of aryl methyl sites for hydroxylation is 2. The molecule has 1 aromatic heterocycles. The Kier molecular flexibility index (Phi) is 4.28. The van der Waals surface area contributed by atoms with Crippen LogP contribution in [-0.2, 0) is 0 Å². The van der Waals surface area contributed by atoms with Gasteiger partial charge in [0.25, 0.3) is 5.56 Å². The number of nitrogens with zero attached hydrogens (tertiary/aromatic N) is 2. The van der Waals surface area contributed by atoms with Crippen LogP contribution in [0.4, 0.5) is 0 Å². The van der Waals surface area contributed by atoms with Crippen LogP contribution in [0.3, 0.4) is 0 Å². The first-order valence-electron chi connectivity index (χ1n) is 7.22. The third-order valence-electron chi connectivity index (χ3n) is 3.94. The largest absolute Gasteiger partial charge is 0.304 e. The van der Waals surface area contributed by atoms with Gasteiger partial charge < -0.3 is 4.57 Å². The Balaban J connectivity index is 2.81. The van der Waals surface area contributed by atoms with E-state index in [1.54, 1.807) is 10.6 Å². The molecule has 0 saturated heterocycles. The van der Waals surface area contributed by atoms with Gasteiger partial charge in [0, 0.05) is 11.6 Å². The summed E-state index contributed by atoms with van der Waals surface area (Å²) in [6.07, 6.45) is 0.840. The minimum atomic E-state index is -0.203. The van der Waals surface area contributed by atoms with E-state index < -0.39 is 0 Å². The van der Waals surface area contributed by atoms with Gasteiger partial charge in [-0.15, -0.1) is 0 Å². The Labute approximate surface area is 125 Å². The van der Waals surface area contributed by atoms with Gasteiger partial charge in [-0.2, -0.15) is 5.26 Å². The van der Waals surface area contributed by atoms with Crippen LogP contribution in [0, 0.1) is 25.2 Å². The van der Waals surface area contributed by atoms with E-state index in [-0.39, 0.29) is 17.2 Å². The fourth-order valence-electron chi connectivity index (χ4n) is 2.49. The summed E-state index contributed by atoms with van der Waals surface area (Å²) in [5.41, 5.74) is 4.21. The quantitative estimate of drug-likeness (QED) is 0.853. The molecule has 0 N–H and O–H groups in total. The lowest BCUT2D eigenvalue weighted by Gasteiger charge is -2.20. The second kappa shape index (κ2) is 5.97. The molecule has 2 aromatic rings. The Morgan fingerprint density at radius 3 is 2.57 bits per heavy atom. The third kappa shape index (κ3) is 2.75. The van der Waals surface area contributed by atoms with E-state index in [0.717, 1.165) is 28.8 Å². The van der Waals surface area contributed by atoms with E-state index in [1.165, 1.54) is 0 Å². The molecule has 1 atom stereocenters. The molecule has 0 radical (unpaired) electrons. The van der Waals surface area contributed by atoms with E-state index in [2.05, 4.69) is 18.2 Å². The van der Waals surface area contributed by atoms with Crippen molar-refractivity contribution in [3.05, 3.63) is 57.4 Å². The summed E-state index contributed by atoms with van der Waals surface area (Å²) in [4.78, 5) is 12.5. The lowest BCUT2D eigenvalue weighted by Crippen LogP contribution is -2.26. The highest BCUT2D eigenvalue weighted by atomic mass is 16.1. The molecule has 0 amide bonds. The van der Waals surface area contributed by atoms with Crippen LogP contribution < -0.4 is 5.56 Å². The SMILES string of the molecule is CCC(C)n1c(-c2cc(C)ccc2C)ccc(C#N)c1=O. The van der Waals surface area contributed by atoms with Crippen molar-refractivity contribution in [2.75, 3.05) is 0 Å².